The van der Waals surface area contributed by atoms with Crippen molar-refractivity contribution < 1.29 is 8.42 Å². The van der Waals surface area contributed by atoms with E-state index in [-0.39, 0.29) is 0 Å². The molecule has 1 aliphatic rings. The number of hydrogen-bond donors (Lipinski definition) is 0. The van der Waals surface area contributed by atoms with Crippen LogP contribution in [0, 0.1) is 6.92 Å². The second-order valence-electron chi connectivity index (χ2n) is 4.19. The first-order valence-electron chi connectivity index (χ1n) is 5.05. The van der Waals surface area contributed by atoms with Crippen molar-refractivity contribution >= 4 is 27.5 Å². The van der Waals surface area contributed by atoms with Gasteiger partial charge in [-0.2, -0.15) is 0 Å². The summed E-state index contributed by atoms with van der Waals surface area (Å²) in [6.45, 7) is 1.89. The van der Waals surface area contributed by atoms with Gasteiger partial charge in [-0.3, -0.25) is 0 Å². The monoisotopic (exact) mass is 256 g/mol. The first-order chi connectivity index (χ1) is 7.39. The van der Waals surface area contributed by atoms with Gasteiger partial charge in [0, 0.05) is 11.3 Å². The van der Waals surface area contributed by atoms with Gasteiger partial charge >= 0.3 is 0 Å². The van der Waals surface area contributed by atoms with Gasteiger partial charge in [-0.15, -0.1) is 0 Å². The predicted molar refractivity (Wildman–Crippen MR) is 67.4 cm³/mol. The molecule has 1 unspecified atom stereocenters. The van der Waals surface area contributed by atoms with Crippen LogP contribution in [0.4, 0.5) is 0 Å². The Balaban J connectivity index is 2.64. The smallest absolute Gasteiger partial charge is 0.154 e. The summed E-state index contributed by atoms with van der Waals surface area (Å²) in [6, 6.07) is 3.72. The van der Waals surface area contributed by atoms with Crippen molar-refractivity contribution in [2.24, 2.45) is 0 Å². The third-order valence-corrected chi connectivity index (χ3v) is 4.76. The molecule has 0 aromatic heterocycles. The standard InChI is InChI=1S/C12H13ClO2S/c1-8-6-10-9(7-11(8)13)4-3-5-12(10)16(2,14)15/h3-4,6-7,12H,5H2,1-2H3. The van der Waals surface area contributed by atoms with Gasteiger partial charge in [0.2, 0.25) is 0 Å². The highest BCUT2D eigenvalue weighted by Crippen LogP contribution is 2.36. The molecule has 0 saturated carbocycles. The minimum absolute atomic E-state index is 0.427. The molecule has 16 heavy (non-hydrogen) atoms. The fourth-order valence-electron chi connectivity index (χ4n) is 1.99. The van der Waals surface area contributed by atoms with Crippen molar-refractivity contribution in [3.05, 3.63) is 39.9 Å². The summed E-state index contributed by atoms with van der Waals surface area (Å²) >= 11 is 6.02. The Morgan fingerprint density at radius 1 is 1.38 bits per heavy atom. The van der Waals surface area contributed by atoms with E-state index in [0.717, 1.165) is 16.7 Å². The summed E-state index contributed by atoms with van der Waals surface area (Å²) in [7, 11) is -3.06. The number of aryl methyl sites for hydroxylation is 1. The lowest BCUT2D eigenvalue weighted by Gasteiger charge is -2.21. The topological polar surface area (TPSA) is 34.1 Å². The molecular formula is C12H13ClO2S. The van der Waals surface area contributed by atoms with Crippen molar-refractivity contribution in [3.63, 3.8) is 0 Å². The molecule has 86 valence electrons. The Morgan fingerprint density at radius 2 is 2.06 bits per heavy atom. The maximum Gasteiger partial charge on any atom is 0.154 e. The number of halogens is 1. The number of sulfone groups is 1. The van der Waals surface area contributed by atoms with Crippen LogP contribution in [0.25, 0.3) is 6.08 Å². The van der Waals surface area contributed by atoms with E-state index >= 15 is 0 Å². The molecule has 1 aliphatic carbocycles. The third-order valence-electron chi connectivity index (χ3n) is 2.88. The molecule has 0 radical (unpaired) electrons. The zero-order chi connectivity index (χ0) is 11.9. The van der Waals surface area contributed by atoms with Gasteiger partial charge in [0.05, 0.1) is 5.25 Å². The van der Waals surface area contributed by atoms with Gasteiger partial charge in [0.15, 0.2) is 9.84 Å². The van der Waals surface area contributed by atoms with E-state index < -0.39 is 15.1 Å². The fraction of sp³-hybridized carbons (Fsp3) is 0.333. The first kappa shape index (κ1) is 11.7. The maximum atomic E-state index is 11.7. The highest BCUT2D eigenvalue weighted by Gasteiger charge is 2.26. The molecule has 1 aromatic rings. The van der Waals surface area contributed by atoms with Gasteiger partial charge in [0.1, 0.15) is 0 Å². The van der Waals surface area contributed by atoms with Gasteiger partial charge in [-0.1, -0.05) is 29.8 Å². The minimum atomic E-state index is -3.06. The lowest BCUT2D eigenvalue weighted by atomic mass is 9.95. The molecule has 0 aliphatic heterocycles. The molecule has 1 aromatic carbocycles. The molecule has 0 amide bonds. The molecule has 0 heterocycles. The normalized spacial score (nSPS) is 19.6. The number of hydrogen-bond acceptors (Lipinski definition) is 2. The molecule has 2 rings (SSSR count). The van der Waals surface area contributed by atoms with Crippen LogP contribution < -0.4 is 0 Å². The van der Waals surface area contributed by atoms with Crippen molar-refractivity contribution in [2.45, 2.75) is 18.6 Å². The van der Waals surface area contributed by atoms with Crippen LogP contribution in [0.2, 0.25) is 5.02 Å². The quantitative estimate of drug-likeness (QED) is 0.774. The van der Waals surface area contributed by atoms with Crippen LogP contribution in [-0.4, -0.2) is 14.7 Å². The van der Waals surface area contributed by atoms with Crippen LogP contribution >= 0.6 is 11.6 Å². The second kappa shape index (κ2) is 3.90. The summed E-state index contributed by atoms with van der Waals surface area (Å²) < 4.78 is 23.4. The third kappa shape index (κ3) is 2.02. The average Bonchev–Trinajstić information content (AvgIpc) is 2.17. The van der Waals surface area contributed by atoms with Crippen molar-refractivity contribution in [1.82, 2.24) is 0 Å². The average molecular weight is 257 g/mol. The van der Waals surface area contributed by atoms with Gasteiger partial charge in [0.25, 0.3) is 0 Å². The SMILES string of the molecule is Cc1cc2c(cc1Cl)C=CCC2S(C)(=O)=O. The molecule has 1 atom stereocenters. The molecule has 0 spiro atoms. The summed E-state index contributed by atoms with van der Waals surface area (Å²) in [4.78, 5) is 0. The Kier molecular flexibility index (Phi) is 2.84. The summed E-state index contributed by atoms with van der Waals surface area (Å²) in [5.41, 5.74) is 2.70. The van der Waals surface area contributed by atoms with E-state index in [4.69, 9.17) is 11.6 Å². The van der Waals surface area contributed by atoms with Gasteiger partial charge in [-0.05, 0) is 36.1 Å². The summed E-state index contributed by atoms with van der Waals surface area (Å²) in [5.74, 6) is 0. The molecule has 0 saturated heterocycles. The Bertz CT molecular complexity index is 559. The van der Waals surface area contributed by atoms with Gasteiger partial charge < -0.3 is 0 Å². The molecule has 0 bridgehead atoms. The van der Waals surface area contributed by atoms with Crippen LogP contribution in [0.3, 0.4) is 0 Å². The Labute approximate surface area is 101 Å². The van der Waals surface area contributed by atoms with Crippen LogP contribution in [0.5, 0.6) is 0 Å². The van der Waals surface area contributed by atoms with E-state index in [1.54, 1.807) is 0 Å². The highest BCUT2D eigenvalue weighted by molar-refractivity contribution is 7.90. The van der Waals surface area contributed by atoms with E-state index in [0.29, 0.717) is 11.4 Å². The van der Waals surface area contributed by atoms with E-state index in [9.17, 15) is 8.42 Å². The highest BCUT2D eigenvalue weighted by atomic mass is 35.5. The Hall–Kier alpha value is -0.800. The largest absolute Gasteiger partial charge is 0.228 e. The molecular weight excluding hydrogens is 244 g/mol. The summed E-state index contributed by atoms with van der Waals surface area (Å²) in [5, 5.41) is 0.251. The number of rotatable bonds is 1. The molecule has 0 fully saturated rings. The minimum Gasteiger partial charge on any atom is -0.228 e. The second-order valence-corrected chi connectivity index (χ2v) is 6.82. The number of benzene rings is 1. The van der Waals surface area contributed by atoms with Crippen LogP contribution in [0.1, 0.15) is 28.4 Å². The molecule has 2 nitrogen and oxygen atoms in total. The first-order valence-corrected chi connectivity index (χ1v) is 7.38. The van der Waals surface area contributed by atoms with Gasteiger partial charge in [-0.25, -0.2) is 8.42 Å². The number of allylic oxidation sites excluding steroid dienone is 1. The fourth-order valence-corrected chi connectivity index (χ4v) is 3.29. The Morgan fingerprint density at radius 3 is 2.69 bits per heavy atom. The van der Waals surface area contributed by atoms with Crippen LogP contribution in [0.15, 0.2) is 18.2 Å². The van der Waals surface area contributed by atoms with Crippen molar-refractivity contribution in [2.75, 3.05) is 6.26 Å². The zero-order valence-corrected chi connectivity index (χ0v) is 10.8. The van der Waals surface area contributed by atoms with E-state index in [1.165, 1.54) is 6.26 Å². The lowest BCUT2D eigenvalue weighted by molar-refractivity contribution is 0.587. The summed E-state index contributed by atoms with van der Waals surface area (Å²) in [6.07, 6.45) is 5.65. The lowest BCUT2D eigenvalue weighted by Crippen LogP contribution is -2.14. The number of fused-ring (bicyclic) bond motifs is 1. The van der Waals surface area contributed by atoms with Crippen molar-refractivity contribution in [3.8, 4) is 0 Å². The molecule has 0 N–H and O–H groups in total. The van der Waals surface area contributed by atoms with Crippen molar-refractivity contribution in [1.29, 1.82) is 0 Å². The molecule has 4 heteroatoms. The predicted octanol–water partition coefficient (Wildman–Crippen LogP) is 3.15. The maximum absolute atomic E-state index is 11.7. The zero-order valence-electron chi connectivity index (χ0n) is 9.20. The van der Waals surface area contributed by atoms with E-state index in [1.807, 2.05) is 31.2 Å². The van der Waals surface area contributed by atoms with E-state index in [2.05, 4.69) is 0 Å². The van der Waals surface area contributed by atoms with Crippen LogP contribution in [-0.2, 0) is 9.84 Å².